The van der Waals surface area contributed by atoms with Gasteiger partial charge in [-0.05, 0) is 121 Å². The van der Waals surface area contributed by atoms with Crippen LogP contribution in [-0.2, 0) is 12.8 Å². The van der Waals surface area contributed by atoms with Gasteiger partial charge in [-0.2, -0.15) is 0 Å². The van der Waals surface area contributed by atoms with Crippen molar-refractivity contribution < 1.29 is 14.2 Å². The molecule has 0 heterocycles. The van der Waals surface area contributed by atoms with Crippen LogP contribution in [-0.4, -0.2) is 23.9 Å². The van der Waals surface area contributed by atoms with Crippen molar-refractivity contribution in [2.75, 3.05) is 23.9 Å². The van der Waals surface area contributed by atoms with E-state index in [9.17, 15) is 0 Å². The Kier molecular flexibility index (Phi) is 14.9. The highest BCUT2D eigenvalue weighted by atomic mass is 79.9. The van der Waals surface area contributed by atoms with Crippen LogP contribution in [0.25, 0.3) is 22.3 Å². The monoisotopic (exact) mass is 774 g/mol. The fourth-order valence-electron chi connectivity index (χ4n) is 5.21. The van der Waals surface area contributed by atoms with E-state index in [0.29, 0.717) is 23.3 Å². The van der Waals surface area contributed by atoms with Gasteiger partial charge in [-0.15, -0.1) is 0 Å². The van der Waals surface area contributed by atoms with Crippen LogP contribution < -0.4 is 14.2 Å². The number of benzene rings is 4. The summed E-state index contributed by atoms with van der Waals surface area (Å²) in [6, 6.07) is 24.3. The first-order valence-electron chi connectivity index (χ1n) is 15.9. The van der Waals surface area contributed by atoms with Gasteiger partial charge in [0.25, 0.3) is 0 Å². The molecule has 0 bridgehead atoms. The van der Waals surface area contributed by atoms with E-state index in [-0.39, 0.29) is 0 Å². The molecule has 7 heteroatoms. The maximum absolute atomic E-state index is 6.71. The number of hydrogen-bond donors (Lipinski definition) is 0. The largest absolute Gasteiger partial charge is 0.493 e. The van der Waals surface area contributed by atoms with Gasteiger partial charge in [0.2, 0.25) is 0 Å². The topological polar surface area (TPSA) is 27.7 Å². The lowest BCUT2D eigenvalue weighted by molar-refractivity contribution is 0.306. The Morgan fingerprint density at radius 3 is 1.36 bits per heavy atom. The lowest BCUT2D eigenvalue weighted by Crippen LogP contribution is -2.01. The van der Waals surface area contributed by atoms with Gasteiger partial charge in [0.05, 0.1) is 13.2 Å². The summed E-state index contributed by atoms with van der Waals surface area (Å²) in [5, 5.41) is 3.27. The molecule has 45 heavy (non-hydrogen) atoms. The van der Waals surface area contributed by atoms with E-state index in [1.165, 1.54) is 11.1 Å². The number of halogens is 4. The van der Waals surface area contributed by atoms with Gasteiger partial charge in [-0.3, -0.25) is 0 Å². The molecule has 0 saturated heterocycles. The SMILES string of the molecule is CCCc1cc(-c2cc(Cl)ccc2Oc2ccc(Cl)cc2-c2ccc(OCCCCBr)c(CCC)c2)ccc1OCCCCBr. The van der Waals surface area contributed by atoms with Gasteiger partial charge in [-0.25, -0.2) is 0 Å². The summed E-state index contributed by atoms with van der Waals surface area (Å²) in [5.41, 5.74) is 6.28. The molecule has 0 radical (unpaired) electrons. The lowest BCUT2D eigenvalue weighted by Gasteiger charge is -2.18. The third kappa shape index (κ3) is 10.4. The molecule has 0 fully saturated rings. The van der Waals surface area contributed by atoms with Crippen LogP contribution in [0.5, 0.6) is 23.0 Å². The first kappa shape index (κ1) is 35.7. The Morgan fingerprint density at radius 1 is 0.533 bits per heavy atom. The van der Waals surface area contributed by atoms with Crippen LogP contribution in [0.3, 0.4) is 0 Å². The number of rotatable bonds is 18. The molecule has 0 spiro atoms. The van der Waals surface area contributed by atoms with Crippen molar-refractivity contribution in [2.24, 2.45) is 0 Å². The van der Waals surface area contributed by atoms with Crippen LogP contribution in [0.1, 0.15) is 63.5 Å². The normalized spacial score (nSPS) is 11.1. The predicted octanol–water partition coefficient (Wildman–Crippen LogP) is 13.1. The van der Waals surface area contributed by atoms with E-state index in [1.54, 1.807) is 0 Å². The van der Waals surface area contributed by atoms with Crippen LogP contribution in [0.4, 0.5) is 0 Å². The second-order valence-electron chi connectivity index (χ2n) is 11.0. The van der Waals surface area contributed by atoms with E-state index in [2.05, 4.69) is 82.1 Å². The van der Waals surface area contributed by atoms with E-state index in [0.717, 1.165) is 107 Å². The predicted molar refractivity (Wildman–Crippen MR) is 199 cm³/mol. The summed E-state index contributed by atoms with van der Waals surface area (Å²) in [4.78, 5) is 0. The van der Waals surface area contributed by atoms with Gasteiger partial charge in [0.1, 0.15) is 23.0 Å². The van der Waals surface area contributed by atoms with Gasteiger partial charge < -0.3 is 14.2 Å². The molecule has 0 unspecified atom stereocenters. The minimum absolute atomic E-state index is 0.650. The minimum Gasteiger partial charge on any atom is -0.493 e. The third-order valence-corrected chi connectivity index (χ3v) is 9.05. The van der Waals surface area contributed by atoms with Crippen LogP contribution in [0, 0.1) is 0 Å². The van der Waals surface area contributed by atoms with Crippen LogP contribution in [0.15, 0.2) is 72.8 Å². The Bertz CT molecular complexity index is 1410. The van der Waals surface area contributed by atoms with E-state index >= 15 is 0 Å². The molecule has 0 aliphatic carbocycles. The number of ether oxygens (including phenoxy) is 3. The van der Waals surface area contributed by atoms with E-state index < -0.39 is 0 Å². The van der Waals surface area contributed by atoms with Crippen molar-refractivity contribution in [3.05, 3.63) is 94.0 Å². The third-order valence-electron chi connectivity index (χ3n) is 7.46. The van der Waals surface area contributed by atoms with Crippen LogP contribution in [0.2, 0.25) is 10.0 Å². The summed E-state index contributed by atoms with van der Waals surface area (Å²) in [6.45, 7) is 5.78. The summed E-state index contributed by atoms with van der Waals surface area (Å²) in [5.74, 6) is 3.32. The van der Waals surface area contributed by atoms with E-state index in [4.69, 9.17) is 37.4 Å². The molecule has 4 aromatic carbocycles. The van der Waals surface area contributed by atoms with Gasteiger partial charge >= 0.3 is 0 Å². The fraction of sp³-hybridized carbons (Fsp3) is 0.368. The minimum atomic E-state index is 0.650. The molecule has 0 aliphatic heterocycles. The number of alkyl halides is 2. The van der Waals surface area contributed by atoms with Gasteiger partial charge in [0.15, 0.2) is 0 Å². The lowest BCUT2D eigenvalue weighted by atomic mass is 9.98. The highest BCUT2D eigenvalue weighted by molar-refractivity contribution is 9.09. The average molecular weight is 777 g/mol. The maximum Gasteiger partial charge on any atom is 0.135 e. The second kappa shape index (κ2) is 18.8. The van der Waals surface area contributed by atoms with E-state index in [1.807, 2.05) is 36.4 Å². The summed E-state index contributed by atoms with van der Waals surface area (Å²) in [6.07, 6.45) is 8.11. The van der Waals surface area contributed by atoms with Crippen molar-refractivity contribution in [1.29, 1.82) is 0 Å². The fourth-order valence-corrected chi connectivity index (χ4v) is 6.35. The van der Waals surface area contributed by atoms with Crippen molar-refractivity contribution in [1.82, 2.24) is 0 Å². The summed E-state index contributed by atoms with van der Waals surface area (Å²) >= 11 is 20.1. The molecule has 0 aliphatic rings. The molecular formula is C38H42Br2Cl2O3. The quantitative estimate of drug-likeness (QED) is 0.0744. The molecule has 4 aromatic rings. The summed E-state index contributed by atoms with van der Waals surface area (Å²) in [7, 11) is 0. The zero-order chi connectivity index (χ0) is 32.0. The smallest absolute Gasteiger partial charge is 0.135 e. The standard InChI is InChI=1S/C38H42Br2Cl2O3/c1-3-9-29-23-27(11-15-35(29)43-21-7-5-19-39)33-25-31(41)13-17-37(33)45-38-18-14-32(42)26-34(38)28-12-16-36(30(24-28)10-4-2)44-22-8-6-20-40/h11-18,23-26H,3-10,19-22H2,1-2H3. The molecule has 3 nitrogen and oxygen atoms in total. The molecule has 0 N–H and O–H groups in total. The van der Waals surface area contributed by atoms with Crippen molar-refractivity contribution in [3.63, 3.8) is 0 Å². The first-order chi connectivity index (χ1) is 22.0. The Balaban J connectivity index is 1.68. The first-order valence-corrected chi connectivity index (χ1v) is 18.9. The second-order valence-corrected chi connectivity index (χ2v) is 13.5. The highest BCUT2D eigenvalue weighted by Crippen LogP contribution is 2.42. The van der Waals surface area contributed by atoms with Gasteiger partial charge in [0, 0.05) is 31.8 Å². The molecule has 0 aromatic heterocycles. The van der Waals surface area contributed by atoms with Gasteiger partial charge in [-0.1, -0.05) is 93.9 Å². The Hall–Kier alpha value is -2.18. The molecule has 0 amide bonds. The number of unbranched alkanes of at least 4 members (excludes halogenated alkanes) is 2. The molecule has 0 saturated carbocycles. The zero-order valence-electron chi connectivity index (χ0n) is 26.2. The Labute approximate surface area is 295 Å². The number of hydrogen-bond acceptors (Lipinski definition) is 3. The Morgan fingerprint density at radius 2 is 0.956 bits per heavy atom. The van der Waals surface area contributed by atoms with Crippen LogP contribution >= 0.6 is 55.1 Å². The molecule has 240 valence electrons. The van der Waals surface area contributed by atoms with Crippen molar-refractivity contribution in [2.45, 2.75) is 65.2 Å². The molecular weight excluding hydrogens is 735 g/mol. The molecule has 0 atom stereocenters. The van der Waals surface area contributed by atoms with Crippen molar-refractivity contribution in [3.8, 4) is 45.3 Å². The average Bonchev–Trinajstić information content (AvgIpc) is 3.04. The van der Waals surface area contributed by atoms with Crippen molar-refractivity contribution >= 4 is 55.1 Å². The maximum atomic E-state index is 6.71. The summed E-state index contributed by atoms with van der Waals surface area (Å²) < 4.78 is 19.1. The number of aryl methyl sites for hydroxylation is 2. The molecule has 4 rings (SSSR count). The zero-order valence-corrected chi connectivity index (χ0v) is 30.8. The highest BCUT2D eigenvalue weighted by Gasteiger charge is 2.16.